The van der Waals surface area contributed by atoms with Gasteiger partial charge >= 0.3 is 0 Å². The molecule has 0 amide bonds. The van der Waals surface area contributed by atoms with Crippen molar-refractivity contribution < 1.29 is 18.6 Å². The minimum absolute atomic E-state index is 0.0419. The molecule has 6 heteroatoms. The van der Waals surface area contributed by atoms with Gasteiger partial charge in [0.25, 0.3) is 0 Å². The maximum absolute atomic E-state index is 13.4. The predicted octanol–water partition coefficient (Wildman–Crippen LogP) is 1.65. The second-order valence-electron chi connectivity index (χ2n) is 3.62. The van der Waals surface area contributed by atoms with Crippen LogP contribution in [-0.4, -0.2) is 31.0 Å². The summed E-state index contributed by atoms with van der Waals surface area (Å²) in [4.78, 5) is 0. The van der Waals surface area contributed by atoms with Crippen LogP contribution in [-0.2, 0) is 4.74 Å². The molecule has 4 nitrogen and oxygen atoms in total. The summed E-state index contributed by atoms with van der Waals surface area (Å²) in [5.41, 5.74) is -0.449. The van der Waals surface area contributed by atoms with Crippen molar-refractivity contribution in [3.8, 4) is 6.07 Å². The lowest BCUT2D eigenvalue weighted by Crippen LogP contribution is -2.25. The Balaban J connectivity index is 2.65. The summed E-state index contributed by atoms with van der Waals surface area (Å²) in [6.07, 6.45) is -0.862. The van der Waals surface area contributed by atoms with Gasteiger partial charge < -0.3 is 15.2 Å². The third-order valence-electron chi connectivity index (χ3n) is 2.20. The van der Waals surface area contributed by atoms with Gasteiger partial charge in [-0.25, -0.2) is 8.78 Å². The summed E-state index contributed by atoms with van der Waals surface area (Å²) < 4.78 is 31.8. The van der Waals surface area contributed by atoms with Crippen LogP contribution in [0.15, 0.2) is 12.1 Å². The first-order valence-electron chi connectivity index (χ1n) is 5.47. The highest BCUT2D eigenvalue weighted by Crippen LogP contribution is 2.20. The Morgan fingerprint density at radius 2 is 2.06 bits per heavy atom. The highest BCUT2D eigenvalue weighted by Gasteiger charge is 2.12. The average molecular weight is 256 g/mol. The lowest BCUT2D eigenvalue weighted by atomic mass is 10.2. The van der Waals surface area contributed by atoms with E-state index in [9.17, 15) is 13.9 Å². The van der Waals surface area contributed by atoms with E-state index in [1.807, 2.05) is 0 Å². The van der Waals surface area contributed by atoms with E-state index < -0.39 is 17.7 Å². The lowest BCUT2D eigenvalue weighted by Gasteiger charge is -2.13. The fourth-order valence-electron chi connectivity index (χ4n) is 1.34. The average Bonchev–Trinajstić information content (AvgIpc) is 2.34. The smallest absolute Gasteiger partial charge is 0.150 e. The molecule has 0 saturated carbocycles. The van der Waals surface area contributed by atoms with Gasteiger partial charge in [0.15, 0.2) is 11.6 Å². The molecular weight excluding hydrogens is 242 g/mol. The van der Waals surface area contributed by atoms with Gasteiger partial charge in [-0.15, -0.1) is 0 Å². The summed E-state index contributed by atoms with van der Waals surface area (Å²) in [5, 5.41) is 20.4. The highest BCUT2D eigenvalue weighted by atomic mass is 19.1. The van der Waals surface area contributed by atoms with E-state index in [1.165, 1.54) is 0 Å². The number of aliphatic hydroxyl groups is 1. The van der Waals surface area contributed by atoms with Crippen molar-refractivity contribution >= 4 is 5.69 Å². The molecule has 0 aromatic heterocycles. The van der Waals surface area contributed by atoms with E-state index in [1.54, 1.807) is 13.0 Å². The van der Waals surface area contributed by atoms with E-state index in [2.05, 4.69) is 5.32 Å². The molecular formula is C12H14F2N2O2. The zero-order chi connectivity index (χ0) is 13.5. The molecule has 1 aromatic rings. The first-order valence-corrected chi connectivity index (χ1v) is 5.47. The largest absolute Gasteiger partial charge is 0.389 e. The highest BCUT2D eigenvalue weighted by molar-refractivity contribution is 5.50. The van der Waals surface area contributed by atoms with Crippen molar-refractivity contribution in [1.82, 2.24) is 0 Å². The Labute approximate surface area is 104 Å². The number of nitrogens with one attached hydrogen (secondary N) is 1. The number of nitriles is 1. The fourth-order valence-corrected chi connectivity index (χ4v) is 1.34. The molecule has 18 heavy (non-hydrogen) atoms. The van der Waals surface area contributed by atoms with Gasteiger partial charge in [0, 0.05) is 13.2 Å². The predicted molar refractivity (Wildman–Crippen MR) is 62.1 cm³/mol. The van der Waals surface area contributed by atoms with Crippen LogP contribution in [0.4, 0.5) is 14.5 Å². The molecule has 2 N–H and O–H groups in total. The molecule has 0 aliphatic rings. The number of benzene rings is 1. The maximum Gasteiger partial charge on any atom is 0.150 e. The molecule has 0 heterocycles. The Morgan fingerprint density at radius 1 is 1.44 bits per heavy atom. The van der Waals surface area contributed by atoms with Crippen LogP contribution in [0, 0.1) is 23.0 Å². The molecule has 0 aliphatic carbocycles. The van der Waals surface area contributed by atoms with Crippen LogP contribution in [0.1, 0.15) is 12.5 Å². The molecule has 0 spiro atoms. The van der Waals surface area contributed by atoms with Crippen LogP contribution in [0.5, 0.6) is 0 Å². The zero-order valence-electron chi connectivity index (χ0n) is 9.91. The molecule has 0 unspecified atom stereocenters. The molecule has 0 saturated heterocycles. The normalized spacial score (nSPS) is 11.9. The number of anilines is 1. The van der Waals surface area contributed by atoms with Crippen molar-refractivity contribution in [3.05, 3.63) is 29.3 Å². The standard InChI is InChI=1S/C12H14F2N2O2/c1-2-18-7-9(17)6-16-12-10(13)3-8(5-15)4-11(12)14/h3-4,9,16-17H,2,6-7H2,1H3/t9-/m1/s1. The number of aliphatic hydroxyl groups excluding tert-OH is 1. The van der Waals surface area contributed by atoms with Crippen molar-refractivity contribution in [3.63, 3.8) is 0 Å². The first kappa shape index (κ1) is 14.4. The minimum atomic E-state index is -0.866. The third-order valence-corrected chi connectivity index (χ3v) is 2.20. The number of hydrogen-bond donors (Lipinski definition) is 2. The monoisotopic (exact) mass is 256 g/mol. The number of halogens is 2. The van der Waals surface area contributed by atoms with E-state index in [0.29, 0.717) is 6.61 Å². The Kier molecular flexibility index (Phi) is 5.49. The van der Waals surface area contributed by atoms with Crippen LogP contribution in [0.25, 0.3) is 0 Å². The molecule has 98 valence electrons. The van der Waals surface area contributed by atoms with Gasteiger partial charge in [-0.05, 0) is 19.1 Å². The zero-order valence-corrected chi connectivity index (χ0v) is 9.91. The van der Waals surface area contributed by atoms with Gasteiger partial charge in [0.1, 0.15) is 5.69 Å². The summed E-state index contributed by atoms with van der Waals surface area (Å²) in [6, 6.07) is 3.51. The van der Waals surface area contributed by atoms with E-state index >= 15 is 0 Å². The van der Waals surface area contributed by atoms with Crippen molar-refractivity contribution in [2.45, 2.75) is 13.0 Å². The second-order valence-corrected chi connectivity index (χ2v) is 3.62. The van der Waals surface area contributed by atoms with Crippen LogP contribution >= 0.6 is 0 Å². The third kappa shape index (κ3) is 3.95. The van der Waals surface area contributed by atoms with E-state index in [-0.39, 0.29) is 24.4 Å². The maximum atomic E-state index is 13.4. The second kappa shape index (κ2) is 6.89. The molecule has 1 aromatic carbocycles. The summed E-state index contributed by atoms with van der Waals surface area (Å²) in [6.45, 7) is 2.28. The van der Waals surface area contributed by atoms with Crippen LogP contribution in [0.3, 0.4) is 0 Å². The number of ether oxygens (including phenoxy) is 1. The molecule has 1 rings (SSSR count). The first-order chi connectivity index (χ1) is 8.58. The minimum Gasteiger partial charge on any atom is -0.389 e. The Hall–Kier alpha value is -1.71. The SMILES string of the molecule is CCOC[C@H](O)CNc1c(F)cc(C#N)cc1F. The van der Waals surface area contributed by atoms with Gasteiger partial charge in [0.05, 0.1) is 24.3 Å². The topological polar surface area (TPSA) is 65.3 Å². The van der Waals surface area contributed by atoms with Crippen LogP contribution < -0.4 is 5.32 Å². The molecule has 0 aliphatic heterocycles. The summed E-state index contributed by atoms with van der Waals surface area (Å²) >= 11 is 0. The van der Waals surface area contributed by atoms with Crippen molar-refractivity contribution in [2.75, 3.05) is 25.1 Å². The summed E-state index contributed by atoms with van der Waals surface area (Å²) in [7, 11) is 0. The van der Waals surface area contributed by atoms with Gasteiger partial charge in [-0.1, -0.05) is 0 Å². The fraction of sp³-hybridized carbons (Fsp3) is 0.417. The Bertz CT molecular complexity index is 423. The van der Waals surface area contributed by atoms with Crippen LogP contribution in [0.2, 0.25) is 0 Å². The molecule has 0 bridgehead atoms. The molecule has 0 radical (unpaired) electrons. The molecule has 1 atom stereocenters. The van der Waals surface area contributed by atoms with Gasteiger partial charge in [0.2, 0.25) is 0 Å². The number of rotatable bonds is 6. The van der Waals surface area contributed by atoms with Gasteiger partial charge in [-0.3, -0.25) is 0 Å². The summed E-state index contributed by atoms with van der Waals surface area (Å²) in [5.74, 6) is -1.73. The number of nitrogens with zero attached hydrogens (tertiary/aromatic N) is 1. The lowest BCUT2D eigenvalue weighted by molar-refractivity contribution is 0.0495. The van der Waals surface area contributed by atoms with Crippen molar-refractivity contribution in [1.29, 1.82) is 5.26 Å². The van der Waals surface area contributed by atoms with E-state index in [4.69, 9.17) is 10.00 Å². The Morgan fingerprint density at radius 3 is 2.56 bits per heavy atom. The molecule has 0 fully saturated rings. The van der Waals surface area contributed by atoms with Crippen molar-refractivity contribution in [2.24, 2.45) is 0 Å². The van der Waals surface area contributed by atoms with E-state index in [0.717, 1.165) is 12.1 Å². The number of hydrogen-bond acceptors (Lipinski definition) is 4. The van der Waals surface area contributed by atoms with Gasteiger partial charge in [-0.2, -0.15) is 5.26 Å². The quantitative estimate of drug-likeness (QED) is 0.812.